The molecule has 0 aliphatic rings. The second-order valence-electron chi connectivity index (χ2n) is 8.30. The van der Waals surface area contributed by atoms with E-state index < -0.39 is 0 Å². The summed E-state index contributed by atoms with van der Waals surface area (Å²) in [6.45, 7) is 4.33. The van der Waals surface area contributed by atoms with E-state index in [9.17, 15) is 0 Å². The maximum absolute atomic E-state index is 2.22. The molecule has 3 heteroatoms. The van der Waals surface area contributed by atoms with E-state index in [1.807, 2.05) is 0 Å². The van der Waals surface area contributed by atoms with Gasteiger partial charge in [-0.15, -0.1) is 48.5 Å². The van der Waals surface area contributed by atoms with E-state index in [1.54, 1.807) is 0 Å². The molecule has 0 saturated carbocycles. The summed E-state index contributed by atoms with van der Waals surface area (Å²) in [5.74, 6) is 0. The fraction of sp³-hybridized carbons (Fsp3) is 0.0625. The van der Waals surface area contributed by atoms with Gasteiger partial charge in [-0.05, 0) is 0 Å². The summed E-state index contributed by atoms with van der Waals surface area (Å²) in [6, 6.07) is 43.0. The number of halogens is 2. The molecule has 6 aromatic rings. The Morgan fingerprint density at radius 2 is 0.771 bits per heavy atom. The van der Waals surface area contributed by atoms with Crippen molar-refractivity contribution in [2.75, 3.05) is 0 Å². The molecular formula is C32H26Cl2Zr. The van der Waals surface area contributed by atoms with E-state index in [1.165, 1.54) is 54.9 Å². The first-order valence-electron chi connectivity index (χ1n) is 11.1. The first kappa shape index (κ1) is 28.8. The predicted octanol–water partition coefficient (Wildman–Crippen LogP) is 3.07. The van der Waals surface area contributed by atoms with Crippen molar-refractivity contribution in [3.63, 3.8) is 0 Å². The Labute approximate surface area is 239 Å². The summed E-state index contributed by atoms with van der Waals surface area (Å²) in [4.78, 5) is 0. The van der Waals surface area contributed by atoms with Crippen LogP contribution in [-0.2, 0) is 26.2 Å². The largest absolute Gasteiger partial charge is 4.00 e. The number of hydrogen-bond acceptors (Lipinski definition) is 0. The topological polar surface area (TPSA) is 0 Å². The van der Waals surface area contributed by atoms with E-state index in [0.717, 1.165) is 0 Å². The zero-order valence-electron chi connectivity index (χ0n) is 19.8. The van der Waals surface area contributed by atoms with Gasteiger partial charge in [-0.2, -0.15) is 0 Å². The second kappa shape index (κ2) is 13.0. The predicted molar refractivity (Wildman–Crippen MR) is 139 cm³/mol. The van der Waals surface area contributed by atoms with Crippen LogP contribution in [0.2, 0.25) is 0 Å². The van der Waals surface area contributed by atoms with Gasteiger partial charge in [0.2, 0.25) is 0 Å². The van der Waals surface area contributed by atoms with Crippen LogP contribution >= 0.6 is 0 Å². The summed E-state index contributed by atoms with van der Waals surface area (Å²) >= 11 is 0. The number of fused-ring (bicyclic) bond motifs is 2. The molecule has 0 aliphatic heterocycles. The minimum absolute atomic E-state index is 0. The number of rotatable bonds is 2. The van der Waals surface area contributed by atoms with E-state index in [0.29, 0.717) is 0 Å². The molecule has 0 bridgehead atoms. The molecule has 6 rings (SSSR count). The zero-order valence-corrected chi connectivity index (χ0v) is 23.8. The minimum Gasteiger partial charge on any atom is -1.00 e. The Kier molecular flexibility index (Phi) is 10.7. The van der Waals surface area contributed by atoms with Crippen molar-refractivity contribution in [2.24, 2.45) is 0 Å². The molecule has 172 valence electrons. The molecule has 0 spiro atoms. The van der Waals surface area contributed by atoms with Crippen LogP contribution in [-0.4, -0.2) is 0 Å². The van der Waals surface area contributed by atoms with Gasteiger partial charge in [-0.3, -0.25) is 0 Å². The smallest absolute Gasteiger partial charge is 1.00 e. The zero-order chi connectivity index (χ0) is 21.9. The first-order chi connectivity index (χ1) is 15.7. The Bertz CT molecular complexity index is 1390. The van der Waals surface area contributed by atoms with Crippen molar-refractivity contribution in [1.82, 2.24) is 0 Å². The number of aryl methyl sites for hydroxylation is 2. The molecule has 0 nitrogen and oxygen atoms in total. The van der Waals surface area contributed by atoms with Crippen LogP contribution in [0.5, 0.6) is 0 Å². The molecule has 0 radical (unpaired) electrons. The van der Waals surface area contributed by atoms with Gasteiger partial charge in [0, 0.05) is 0 Å². The number of benzene rings is 4. The average molecular weight is 573 g/mol. The Morgan fingerprint density at radius 3 is 1.17 bits per heavy atom. The van der Waals surface area contributed by atoms with Gasteiger partial charge in [0.1, 0.15) is 0 Å². The van der Waals surface area contributed by atoms with Crippen molar-refractivity contribution < 1.29 is 51.0 Å². The average Bonchev–Trinajstić information content (AvgIpc) is 3.45. The van der Waals surface area contributed by atoms with Crippen LogP contribution in [0.15, 0.2) is 121 Å². The fourth-order valence-corrected chi connectivity index (χ4v) is 4.52. The third-order valence-electron chi connectivity index (χ3n) is 6.23. The van der Waals surface area contributed by atoms with Crippen LogP contribution in [0.4, 0.5) is 0 Å². The molecule has 6 aromatic carbocycles. The summed E-state index contributed by atoms with van der Waals surface area (Å²) in [7, 11) is 0. The number of hydrogen-bond donors (Lipinski definition) is 0. The third-order valence-corrected chi connectivity index (χ3v) is 6.23. The maximum atomic E-state index is 2.22. The molecule has 0 aromatic heterocycles. The Hall–Kier alpha value is -2.44. The summed E-state index contributed by atoms with van der Waals surface area (Å²) in [6.07, 6.45) is 0. The van der Waals surface area contributed by atoms with E-state index in [4.69, 9.17) is 0 Å². The SMILES string of the molecule is Cc1ccccc1-[c-]1ccc2ccccc21.Cc1ccccc1-[c-]1ccc2ccccc21.[Cl-].[Cl-].[Zr+4]. The standard InChI is InChI=1S/2C16H13.2ClH.Zr/c2*1-12-6-2-4-8-14(12)16-11-10-13-7-3-5-9-15(13)16;;;/h2*2-11H,1H3;2*1H;/q2*-1;;;+4/p-2. The van der Waals surface area contributed by atoms with E-state index in [2.05, 4.69) is 135 Å². The Morgan fingerprint density at radius 1 is 0.429 bits per heavy atom. The van der Waals surface area contributed by atoms with Gasteiger partial charge >= 0.3 is 26.2 Å². The summed E-state index contributed by atoms with van der Waals surface area (Å²) < 4.78 is 0. The van der Waals surface area contributed by atoms with Gasteiger partial charge in [0.15, 0.2) is 0 Å². The van der Waals surface area contributed by atoms with Crippen molar-refractivity contribution in [2.45, 2.75) is 13.8 Å². The third kappa shape index (κ3) is 6.04. The van der Waals surface area contributed by atoms with E-state index in [-0.39, 0.29) is 51.0 Å². The second-order valence-corrected chi connectivity index (χ2v) is 8.30. The van der Waals surface area contributed by atoms with Gasteiger partial charge < -0.3 is 24.8 Å². The van der Waals surface area contributed by atoms with Crippen LogP contribution in [0, 0.1) is 13.8 Å². The normalized spacial score (nSPS) is 9.89. The van der Waals surface area contributed by atoms with Crippen molar-refractivity contribution in [1.29, 1.82) is 0 Å². The van der Waals surface area contributed by atoms with Gasteiger partial charge in [-0.25, -0.2) is 0 Å². The van der Waals surface area contributed by atoms with Crippen LogP contribution in [0.25, 0.3) is 43.8 Å². The van der Waals surface area contributed by atoms with Crippen LogP contribution in [0.1, 0.15) is 11.1 Å². The van der Waals surface area contributed by atoms with Crippen molar-refractivity contribution in [3.8, 4) is 22.3 Å². The molecule has 0 N–H and O–H groups in total. The molecule has 0 saturated heterocycles. The van der Waals surface area contributed by atoms with Crippen molar-refractivity contribution in [3.05, 3.63) is 132 Å². The molecule has 35 heavy (non-hydrogen) atoms. The van der Waals surface area contributed by atoms with E-state index >= 15 is 0 Å². The summed E-state index contributed by atoms with van der Waals surface area (Å²) in [5, 5.41) is 5.33. The monoisotopic (exact) mass is 570 g/mol. The molecule has 0 atom stereocenters. The molecule has 0 aliphatic carbocycles. The summed E-state index contributed by atoms with van der Waals surface area (Å²) in [5.41, 5.74) is 8.02. The van der Waals surface area contributed by atoms with Crippen molar-refractivity contribution >= 4 is 21.5 Å². The van der Waals surface area contributed by atoms with Gasteiger partial charge in [0.05, 0.1) is 0 Å². The molecule has 0 heterocycles. The first-order valence-corrected chi connectivity index (χ1v) is 11.1. The fourth-order valence-electron chi connectivity index (χ4n) is 4.52. The molecular weight excluding hydrogens is 546 g/mol. The maximum Gasteiger partial charge on any atom is 4.00 e. The quantitative estimate of drug-likeness (QED) is 0.280. The van der Waals surface area contributed by atoms with Gasteiger partial charge in [-0.1, -0.05) is 142 Å². The molecule has 0 fully saturated rings. The molecule has 0 unspecified atom stereocenters. The van der Waals surface area contributed by atoms with Gasteiger partial charge in [0.25, 0.3) is 0 Å². The Balaban J connectivity index is 0.000000227. The van der Waals surface area contributed by atoms with Crippen LogP contribution in [0.3, 0.4) is 0 Å². The van der Waals surface area contributed by atoms with Crippen LogP contribution < -0.4 is 24.8 Å². The minimum atomic E-state index is 0. The molecule has 0 amide bonds.